The first kappa shape index (κ1) is 13.5. The van der Waals surface area contributed by atoms with Crippen molar-refractivity contribution in [1.29, 1.82) is 0 Å². The molecule has 0 aliphatic heterocycles. The summed E-state index contributed by atoms with van der Waals surface area (Å²) in [4.78, 5) is 23.4. The van der Waals surface area contributed by atoms with Crippen molar-refractivity contribution in [2.45, 2.75) is 26.7 Å². The molecule has 1 amide bonds. The fraction of sp³-hybridized carbons (Fsp3) is 0.308. The van der Waals surface area contributed by atoms with E-state index in [0.29, 0.717) is 29.1 Å². The number of amides is 1. The number of fused-ring (bicyclic) bond motifs is 1. The Hall–Kier alpha value is -1.88. The molecule has 0 heterocycles. The summed E-state index contributed by atoms with van der Waals surface area (Å²) in [6.45, 7) is 3.18. The van der Waals surface area contributed by atoms with E-state index in [0.717, 1.165) is 11.1 Å². The van der Waals surface area contributed by atoms with Gasteiger partial charge in [0.2, 0.25) is 11.7 Å². The second-order valence-corrected chi connectivity index (χ2v) is 4.85. The highest BCUT2D eigenvalue weighted by Gasteiger charge is 2.29. The molecule has 0 spiro atoms. The molecule has 5 nitrogen and oxygen atoms in total. The molecule has 0 fully saturated rings. The number of hydrogen-bond acceptors (Lipinski definition) is 4. The molecule has 6 heteroatoms. The van der Waals surface area contributed by atoms with Crippen LogP contribution in [0.4, 0.5) is 5.69 Å². The average Bonchev–Trinajstić information content (AvgIpc) is 2.34. The van der Waals surface area contributed by atoms with Gasteiger partial charge in [0.25, 0.3) is 0 Å². The fourth-order valence-corrected chi connectivity index (χ4v) is 2.48. The molecule has 0 radical (unpaired) electrons. The van der Waals surface area contributed by atoms with E-state index < -0.39 is 0 Å². The molecule has 2 rings (SSSR count). The number of anilines is 1. The van der Waals surface area contributed by atoms with E-state index in [1.807, 2.05) is 6.92 Å². The van der Waals surface area contributed by atoms with Crippen LogP contribution in [0, 0.1) is 6.92 Å². The van der Waals surface area contributed by atoms with Gasteiger partial charge in [-0.05, 0) is 30.5 Å². The second kappa shape index (κ2) is 5.01. The van der Waals surface area contributed by atoms with Gasteiger partial charge < -0.3 is 10.5 Å². The molecule has 2 N–H and O–H groups in total. The van der Waals surface area contributed by atoms with Crippen LogP contribution in [-0.4, -0.2) is 22.6 Å². The molecule has 0 saturated heterocycles. The molecule has 19 heavy (non-hydrogen) atoms. The van der Waals surface area contributed by atoms with Gasteiger partial charge in [0, 0.05) is 18.4 Å². The maximum absolute atomic E-state index is 12.2. The van der Waals surface area contributed by atoms with Crippen molar-refractivity contribution in [3.8, 4) is 0 Å². The van der Waals surface area contributed by atoms with Crippen LogP contribution in [0.1, 0.15) is 34.8 Å². The number of carbonyl (C=O) groups is 2. The standard InChI is InChI=1S/C13H13ClN2O3/c1-6-8-3-4-10(16-19)13(18)12(8)11(5-9(6)14)15-7(2)17/h5,19H,3-4H2,1-2H3,(H,15,17)/b16-10-. The van der Waals surface area contributed by atoms with Gasteiger partial charge in [-0.1, -0.05) is 16.8 Å². The third-order valence-corrected chi connectivity index (χ3v) is 3.58. The second-order valence-electron chi connectivity index (χ2n) is 4.44. The lowest BCUT2D eigenvalue weighted by Crippen LogP contribution is -2.26. The Labute approximate surface area is 115 Å². The van der Waals surface area contributed by atoms with Gasteiger partial charge in [0.1, 0.15) is 5.71 Å². The summed E-state index contributed by atoms with van der Waals surface area (Å²) in [5.74, 6) is -0.657. The largest absolute Gasteiger partial charge is 0.411 e. The van der Waals surface area contributed by atoms with Crippen molar-refractivity contribution in [3.63, 3.8) is 0 Å². The van der Waals surface area contributed by atoms with Crippen molar-refractivity contribution in [2.24, 2.45) is 5.16 Å². The van der Waals surface area contributed by atoms with E-state index in [1.165, 1.54) is 6.92 Å². The summed E-state index contributed by atoms with van der Waals surface area (Å²) in [5.41, 5.74) is 2.45. The Kier molecular flexibility index (Phi) is 3.57. The topological polar surface area (TPSA) is 78.8 Å². The van der Waals surface area contributed by atoms with Crippen LogP contribution < -0.4 is 5.32 Å². The van der Waals surface area contributed by atoms with Gasteiger partial charge in [0.05, 0.1) is 11.3 Å². The number of halogens is 1. The van der Waals surface area contributed by atoms with Gasteiger partial charge in [-0.2, -0.15) is 0 Å². The SMILES string of the molecule is CC(=O)Nc1cc(Cl)c(C)c2c1C(=O)/C(=N\O)CC2. The van der Waals surface area contributed by atoms with E-state index in [4.69, 9.17) is 16.8 Å². The molecule has 0 atom stereocenters. The predicted octanol–water partition coefficient (Wildman–Crippen LogP) is 2.57. The smallest absolute Gasteiger partial charge is 0.221 e. The molecule has 0 bridgehead atoms. The minimum atomic E-state index is -0.368. The monoisotopic (exact) mass is 280 g/mol. The number of oxime groups is 1. The zero-order valence-corrected chi connectivity index (χ0v) is 11.3. The molecule has 0 saturated carbocycles. The average molecular weight is 281 g/mol. The lowest BCUT2D eigenvalue weighted by molar-refractivity contribution is -0.114. The number of hydrogen-bond donors (Lipinski definition) is 2. The van der Waals surface area contributed by atoms with Crippen LogP contribution in [0.3, 0.4) is 0 Å². The van der Waals surface area contributed by atoms with Gasteiger partial charge in [-0.15, -0.1) is 0 Å². The summed E-state index contributed by atoms with van der Waals surface area (Å²) in [6, 6.07) is 1.55. The minimum absolute atomic E-state index is 0.0980. The van der Waals surface area contributed by atoms with Crippen molar-refractivity contribution >= 4 is 34.7 Å². The summed E-state index contributed by atoms with van der Waals surface area (Å²) in [6.07, 6.45) is 0.919. The van der Waals surface area contributed by atoms with Crippen LogP contribution in [-0.2, 0) is 11.2 Å². The third-order valence-electron chi connectivity index (χ3n) is 3.19. The summed E-state index contributed by atoms with van der Waals surface area (Å²) >= 11 is 6.11. The maximum atomic E-state index is 12.2. The maximum Gasteiger partial charge on any atom is 0.221 e. The zero-order valence-electron chi connectivity index (χ0n) is 10.6. The number of nitrogens with zero attached hydrogens (tertiary/aromatic N) is 1. The van der Waals surface area contributed by atoms with E-state index in [1.54, 1.807) is 6.07 Å². The quantitative estimate of drug-likeness (QED) is 0.613. The Balaban J connectivity index is 2.67. The highest BCUT2D eigenvalue weighted by Crippen LogP contribution is 2.34. The van der Waals surface area contributed by atoms with Crippen LogP contribution in [0.25, 0.3) is 0 Å². The highest BCUT2D eigenvalue weighted by atomic mass is 35.5. The molecule has 1 aromatic rings. The highest BCUT2D eigenvalue weighted by molar-refractivity contribution is 6.48. The predicted molar refractivity (Wildman–Crippen MR) is 72.4 cm³/mol. The molecule has 1 aliphatic rings. The Morgan fingerprint density at radius 1 is 1.47 bits per heavy atom. The molecule has 0 aromatic heterocycles. The first-order valence-electron chi connectivity index (χ1n) is 5.81. The number of rotatable bonds is 1. The van der Waals surface area contributed by atoms with E-state index >= 15 is 0 Å². The molecule has 1 aromatic carbocycles. The van der Waals surface area contributed by atoms with Crippen LogP contribution in [0.15, 0.2) is 11.2 Å². The Bertz CT molecular complexity index is 608. The van der Waals surface area contributed by atoms with Crippen molar-refractivity contribution < 1.29 is 14.8 Å². The zero-order chi connectivity index (χ0) is 14.2. The molecular weight excluding hydrogens is 268 g/mol. The number of benzene rings is 1. The summed E-state index contributed by atoms with van der Waals surface area (Å²) in [7, 11) is 0. The van der Waals surface area contributed by atoms with Crippen molar-refractivity contribution in [3.05, 3.63) is 27.8 Å². The van der Waals surface area contributed by atoms with E-state index in [9.17, 15) is 9.59 Å². The van der Waals surface area contributed by atoms with Gasteiger partial charge >= 0.3 is 0 Å². The van der Waals surface area contributed by atoms with Gasteiger partial charge in [-0.3, -0.25) is 9.59 Å². The first-order valence-corrected chi connectivity index (χ1v) is 6.18. The number of Topliss-reactive ketones (excluding diaryl/α,β-unsaturated/α-hetero) is 1. The third kappa shape index (κ3) is 2.33. The number of ketones is 1. The minimum Gasteiger partial charge on any atom is -0.411 e. The van der Waals surface area contributed by atoms with Crippen LogP contribution in [0.2, 0.25) is 5.02 Å². The Morgan fingerprint density at radius 3 is 2.74 bits per heavy atom. The van der Waals surface area contributed by atoms with E-state index in [-0.39, 0.29) is 17.4 Å². The molecular formula is C13H13ClN2O3. The van der Waals surface area contributed by atoms with Crippen LogP contribution >= 0.6 is 11.6 Å². The molecule has 0 unspecified atom stereocenters. The van der Waals surface area contributed by atoms with E-state index in [2.05, 4.69) is 10.5 Å². The first-order chi connectivity index (χ1) is 8.95. The number of carbonyl (C=O) groups excluding carboxylic acids is 2. The number of nitrogens with one attached hydrogen (secondary N) is 1. The molecule has 100 valence electrons. The fourth-order valence-electron chi connectivity index (χ4n) is 2.26. The lowest BCUT2D eigenvalue weighted by atomic mass is 9.85. The van der Waals surface area contributed by atoms with Crippen LogP contribution in [0.5, 0.6) is 0 Å². The normalized spacial score (nSPS) is 16.4. The summed E-state index contributed by atoms with van der Waals surface area (Å²) < 4.78 is 0. The Morgan fingerprint density at radius 2 is 2.16 bits per heavy atom. The van der Waals surface area contributed by atoms with Gasteiger partial charge in [-0.25, -0.2) is 0 Å². The summed E-state index contributed by atoms with van der Waals surface area (Å²) in [5, 5.41) is 15.0. The lowest BCUT2D eigenvalue weighted by Gasteiger charge is -2.22. The van der Waals surface area contributed by atoms with Crippen molar-refractivity contribution in [1.82, 2.24) is 0 Å². The van der Waals surface area contributed by atoms with Crippen molar-refractivity contribution in [2.75, 3.05) is 5.32 Å². The van der Waals surface area contributed by atoms with Gasteiger partial charge in [0.15, 0.2) is 0 Å². The molecule has 1 aliphatic carbocycles.